The standard InChI is InChI=1S/C10H12ClNO/c11-8-3-6-1-2-9(12)10(6)7(4-8)5-13/h3-4,9,13H,1-2,5,12H2. The summed E-state index contributed by atoms with van der Waals surface area (Å²) in [6, 6.07) is 3.82. The molecular formula is C10H12ClNO. The number of rotatable bonds is 1. The second-order valence-electron chi connectivity index (χ2n) is 3.44. The van der Waals surface area contributed by atoms with Crippen molar-refractivity contribution in [2.45, 2.75) is 25.5 Å². The molecule has 1 atom stereocenters. The molecule has 3 heteroatoms. The van der Waals surface area contributed by atoms with Gasteiger partial charge in [0.2, 0.25) is 0 Å². The van der Waals surface area contributed by atoms with Gasteiger partial charge in [0.05, 0.1) is 6.61 Å². The summed E-state index contributed by atoms with van der Waals surface area (Å²) in [6.07, 6.45) is 1.94. The number of hydrogen-bond acceptors (Lipinski definition) is 2. The molecule has 1 unspecified atom stereocenters. The summed E-state index contributed by atoms with van der Waals surface area (Å²) in [4.78, 5) is 0. The predicted octanol–water partition coefficient (Wildman–Crippen LogP) is 1.78. The number of nitrogens with two attached hydrogens (primary N) is 1. The Bertz CT molecular complexity index is 338. The van der Waals surface area contributed by atoms with Crippen molar-refractivity contribution in [3.05, 3.63) is 33.8 Å². The van der Waals surface area contributed by atoms with Gasteiger partial charge in [-0.1, -0.05) is 11.6 Å². The molecule has 1 aromatic rings. The van der Waals surface area contributed by atoms with E-state index in [-0.39, 0.29) is 12.6 Å². The molecule has 1 aliphatic rings. The van der Waals surface area contributed by atoms with Crippen LogP contribution < -0.4 is 5.73 Å². The molecule has 0 radical (unpaired) electrons. The molecule has 70 valence electrons. The van der Waals surface area contributed by atoms with Crippen LogP contribution in [-0.4, -0.2) is 5.11 Å². The summed E-state index contributed by atoms with van der Waals surface area (Å²) in [5, 5.41) is 9.82. The molecule has 0 saturated heterocycles. The Morgan fingerprint density at radius 3 is 3.00 bits per heavy atom. The van der Waals surface area contributed by atoms with Crippen molar-refractivity contribution in [2.24, 2.45) is 5.73 Å². The topological polar surface area (TPSA) is 46.2 Å². The average Bonchev–Trinajstić information content (AvgIpc) is 2.46. The van der Waals surface area contributed by atoms with Gasteiger partial charge in [-0.15, -0.1) is 0 Å². The first-order chi connectivity index (χ1) is 6.22. The van der Waals surface area contributed by atoms with Crippen LogP contribution in [0.4, 0.5) is 0 Å². The van der Waals surface area contributed by atoms with Crippen LogP contribution in [0.15, 0.2) is 12.1 Å². The highest BCUT2D eigenvalue weighted by molar-refractivity contribution is 6.30. The van der Waals surface area contributed by atoms with Gasteiger partial charge in [-0.25, -0.2) is 0 Å². The second-order valence-corrected chi connectivity index (χ2v) is 3.88. The average molecular weight is 198 g/mol. The number of fused-ring (bicyclic) bond motifs is 1. The van der Waals surface area contributed by atoms with E-state index in [0.29, 0.717) is 5.02 Å². The summed E-state index contributed by atoms with van der Waals surface area (Å²) in [7, 11) is 0. The van der Waals surface area contributed by atoms with Gasteiger partial charge in [0.1, 0.15) is 0 Å². The molecule has 0 heterocycles. The van der Waals surface area contributed by atoms with Crippen molar-refractivity contribution in [3.63, 3.8) is 0 Å². The smallest absolute Gasteiger partial charge is 0.0685 e. The zero-order chi connectivity index (χ0) is 9.42. The maximum atomic E-state index is 9.13. The third-order valence-corrected chi connectivity index (χ3v) is 2.80. The van der Waals surface area contributed by atoms with Gasteiger partial charge in [-0.2, -0.15) is 0 Å². The van der Waals surface area contributed by atoms with E-state index in [4.69, 9.17) is 22.4 Å². The Labute approximate surface area is 82.3 Å². The number of halogens is 1. The van der Waals surface area contributed by atoms with Gasteiger partial charge in [-0.3, -0.25) is 0 Å². The van der Waals surface area contributed by atoms with Gasteiger partial charge >= 0.3 is 0 Å². The van der Waals surface area contributed by atoms with Crippen LogP contribution in [-0.2, 0) is 13.0 Å². The summed E-state index contributed by atoms with van der Waals surface area (Å²) in [5.41, 5.74) is 9.10. The predicted molar refractivity (Wildman–Crippen MR) is 52.6 cm³/mol. The van der Waals surface area contributed by atoms with Crippen molar-refractivity contribution in [2.75, 3.05) is 0 Å². The first-order valence-corrected chi connectivity index (χ1v) is 4.78. The van der Waals surface area contributed by atoms with Gasteiger partial charge in [0.15, 0.2) is 0 Å². The molecule has 2 rings (SSSR count). The van der Waals surface area contributed by atoms with E-state index in [1.54, 1.807) is 6.07 Å². The van der Waals surface area contributed by atoms with E-state index in [1.165, 1.54) is 5.56 Å². The monoisotopic (exact) mass is 197 g/mol. The third-order valence-electron chi connectivity index (χ3n) is 2.58. The molecule has 0 spiro atoms. The fourth-order valence-electron chi connectivity index (χ4n) is 2.01. The minimum absolute atomic E-state index is 0.0244. The fraction of sp³-hybridized carbons (Fsp3) is 0.400. The highest BCUT2D eigenvalue weighted by Crippen LogP contribution is 2.34. The Morgan fingerprint density at radius 2 is 2.31 bits per heavy atom. The van der Waals surface area contributed by atoms with Gasteiger partial charge in [0.25, 0.3) is 0 Å². The van der Waals surface area contributed by atoms with E-state index in [1.807, 2.05) is 6.07 Å². The minimum atomic E-state index is 0.0244. The van der Waals surface area contributed by atoms with Crippen molar-refractivity contribution in [1.82, 2.24) is 0 Å². The zero-order valence-electron chi connectivity index (χ0n) is 7.26. The van der Waals surface area contributed by atoms with Crippen LogP contribution in [0.25, 0.3) is 0 Å². The lowest BCUT2D eigenvalue weighted by Crippen LogP contribution is -2.08. The highest BCUT2D eigenvalue weighted by Gasteiger charge is 2.22. The summed E-state index contributed by atoms with van der Waals surface area (Å²) in [5.74, 6) is 0. The first-order valence-electron chi connectivity index (χ1n) is 4.40. The second kappa shape index (κ2) is 3.29. The van der Waals surface area contributed by atoms with Crippen LogP contribution in [0.2, 0.25) is 5.02 Å². The van der Waals surface area contributed by atoms with Gasteiger partial charge in [-0.05, 0) is 41.7 Å². The van der Waals surface area contributed by atoms with Crippen molar-refractivity contribution in [3.8, 4) is 0 Å². The Kier molecular flexibility index (Phi) is 2.28. The Hall–Kier alpha value is -0.570. The summed E-state index contributed by atoms with van der Waals surface area (Å²) < 4.78 is 0. The molecule has 0 bridgehead atoms. The molecule has 0 aliphatic heterocycles. The lowest BCUT2D eigenvalue weighted by Gasteiger charge is -2.10. The van der Waals surface area contributed by atoms with E-state index < -0.39 is 0 Å². The van der Waals surface area contributed by atoms with Crippen LogP contribution >= 0.6 is 11.6 Å². The summed E-state index contributed by atoms with van der Waals surface area (Å²) >= 11 is 5.90. The zero-order valence-corrected chi connectivity index (χ0v) is 8.01. The molecule has 2 nitrogen and oxygen atoms in total. The van der Waals surface area contributed by atoms with Crippen molar-refractivity contribution in [1.29, 1.82) is 0 Å². The van der Waals surface area contributed by atoms with Crippen LogP contribution in [0.1, 0.15) is 29.2 Å². The van der Waals surface area contributed by atoms with E-state index >= 15 is 0 Å². The number of benzene rings is 1. The maximum Gasteiger partial charge on any atom is 0.0685 e. The lowest BCUT2D eigenvalue weighted by atomic mass is 10.0. The molecule has 13 heavy (non-hydrogen) atoms. The molecule has 0 aromatic heterocycles. The molecule has 0 saturated carbocycles. The van der Waals surface area contributed by atoms with Crippen molar-refractivity contribution >= 4 is 11.6 Å². The third kappa shape index (κ3) is 1.46. The number of hydrogen-bond donors (Lipinski definition) is 2. The van der Waals surface area contributed by atoms with Gasteiger partial charge in [0, 0.05) is 11.1 Å². The quantitative estimate of drug-likeness (QED) is 0.721. The van der Waals surface area contributed by atoms with Crippen molar-refractivity contribution < 1.29 is 5.11 Å². The molecule has 1 aromatic carbocycles. The number of aliphatic hydroxyl groups excluding tert-OH is 1. The van der Waals surface area contributed by atoms with E-state index in [2.05, 4.69) is 0 Å². The number of aryl methyl sites for hydroxylation is 1. The lowest BCUT2D eigenvalue weighted by molar-refractivity contribution is 0.280. The Balaban J connectivity index is 2.57. The largest absolute Gasteiger partial charge is 0.392 e. The molecule has 0 fully saturated rings. The molecule has 1 aliphatic carbocycles. The van der Waals surface area contributed by atoms with Crippen LogP contribution in [0.5, 0.6) is 0 Å². The normalized spacial score (nSPS) is 20.4. The molecular weight excluding hydrogens is 186 g/mol. The minimum Gasteiger partial charge on any atom is -0.392 e. The van der Waals surface area contributed by atoms with Gasteiger partial charge < -0.3 is 10.8 Å². The fourth-order valence-corrected chi connectivity index (χ4v) is 2.27. The van der Waals surface area contributed by atoms with E-state index in [9.17, 15) is 0 Å². The van der Waals surface area contributed by atoms with E-state index in [0.717, 1.165) is 24.0 Å². The SMILES string of the molecule is NC1CCc2cc(Cl)cc(CO)c21. The number of aliphatic hydroxyl groups is 1. The summed E-state index contributed by atoms with van der Waals surface area (Å²) in [6.45, 7) is 0.0244. The highest BCUT2D eigenvalue weighted by atomic mass is 35.5. The maximum absolute atomic E-state index is 9.13. The molecule has 3 N–H and O–H groups in total. The molecule has 0 amide bonds. The van der Waals surface area contributed by atoms with Crippen LogP contribution in [0.3, 0.4) is 0 Å². The van der Waals surface area contributed by atoms with Crippen LogP contribution in [0, 0.1) is 0 Å². The Morgan fingerprint density at radius 1 is 1.54 bits per heavy atom. The first kappa shape index (κ1) is 9.00.